The van der Waals surface area contributed by atoms with Gasteiger partial charge in [-0.2, -0.15) is 5.10 Å². The first-order chi connectivity index (χ1) is 12.2. The number of nitrogens with one attached hydrogen (secondary N) is 1. The van der Waals surface area contributed by atoms with E-state index >= 15 is 0 Å². The van der Waals surface area contributed by atoms with Crippen LogP contribution in [-0.2, 0) is 11.3 Å². The Morgan fingerprint density at radius 2 is 2.04 bits per heavy atom. The van der Waals surface area contributed by atoms with Gasteiger partial charge in [-0.3, -0.25) is 9.48 Å². The highest BCUT2D eigenvalue weighted by Gasteiger charge is 2.13. The summed E-state index contributed by atoms with van der Waals surface area (Å²) in [4.78, 5) is 12.2. The van der Waals surface area contributed by atoms with Crippen LogP contribution in [0.2, 0.25) is 5.02 Å². The summed E-state index contributed by atoms with van der Waals surface area (Å²) in [6.45, 7) is 1.53. The molecule has 0 unspecified atom stereocenters. The molecule has 7 heteroatoms. The number of anilines is 1. The number of halogens is 1. The monoisotopic (exact) mass is 357 g/mol. The summed E-state index contributed by atoms with van der Waals surface area (Å²) in [5.41, 5.74) is 1.60. The maximum atomic E-state index is 12.2. The molecule has 1 N–H and O–H groups in total. The van der Waals surface area contributed by atoms with Crippen molar-refractivity contribution in [3.05, 3.63) is 47.6 Å². The molecule has 128 valence electrons. The predicted octanol–water partition coefficient (Wildman–Crippen LogP) is 3.49. The number of carbonyl (C=O) groups excluding carboxylic acids is 1. The first-order valence-electron chi connectivity index (χ1n) is 8.00. The number of ether oxygens (including phenoxy) is 2. The molecule has 1 aliphatic rings. The third kappa shape index (κ3) is 3.25. The molecule has 1 amide bonds. The third-order valence-electron chi connectivity index (χ3n) is 4.01. The summed E-state index contributed by atoms with van der Waals surface area (Å²) in [6, 6.07) is 11.0. The van der Waals surface area contributed by atoms with Gasteiger partial charge in [0, 0.05) is 23.6 Å². The van der Waals surface area contributed by atoms with Crippen LogP contribution >= 0.6 is 11.6 Å². The van der Waals surface area contributed by atoms with Crippen molar-refractivity contribution in [1.29, 1.82) is 0 Å². The van der Waals surface area contributed by atoms with Gasteiger partial charge in [0.15, 0.2) is 11.5 Å². The van der Waals surface area contributed by atoms with Crippen LogP contribution in [0.15, 0.2) is 42.6 Å². The minimum absolute atomic E-state index is 0.0950. The van der Waals surface area contributed by atoms with Gasteiger partial charge in [0.2, 0.25) is 5.91 Å². The number of nitrogens with zero attached hydrogens (tertiary/aromatic N) is 2. The normalized spacial score (nSPS) is 13.0. The van der Waals surface area contributed by atoms with Gasteiger partial charge in [-0.05, 0) is 24.3 Å². The molecule has 0 saturated carbocycles. The zero-order chi connectivity index (χ0) is 17.2. The van der Waals surface area contributed by atoms with Crippen LogP contribution in [0.5, 0.6) is 11.5 Å². The fraction of sp³-hybridized carbons (Fsp3) is 0.222. The van der Waals surface area contributed by atoms with Crippen molar-refractivity contribution in [2.24, 2.45) is 0 Å². The highest BCUT2D eigenvalue weighted by Crippen LogP contribution is 2.32. The van der Waals surface area contributed by atoms with E-state index in [0.717, 1.165) is 10.9 Å². The van der Waals surface area contributed by atoms with Crippen LogP contribution in [0.4, 0.5) is 5.69 Å². The van der Waals surface area contributed by atoms with Crippen LogP contribution in [0, 0.1) is 0 Å². The molecule has 3 aromatic rings. The minimum atomic E-state index is -0.0950. The van der Waals surface area contributed by atoms with Crippen LogP contribution < -0.4 is 14.8 Å². The number of aromatic nitrogens is 2. The van der Waals surface area contributed by atoms with E-state index in [9.17, 15) is 4.79 Å². The molecule has 0 radical (unpaired) electrons. The molecule has 0 fully saturated rings. The van der Waals surface area contributed by atoms with E-state index in [2.05, 4.69) is 10.4 Å². The van der Waals surface area contributed by atoms with E-state index in [1.165, 1.54) is 0 Å². The van der Waals surface area contributed by atoms with Gasteiger partial charge < -0.3 is 14.8 Å². The van der Waals surface area contributed by atoms with E-state index in [1.807, 2.05) is 18.2 Å². The van der Waals surface area contributed by atoms with Crippen molar-refractivity contribution in [3.63, 3.8) is 0 Å². The van der Waals surface area contributed by atoms with Crippen molar-refractivity contribution in [2.45, 2.75) is 13.0 Å². The number of hydrogen-bond acceptors (Lipinski definition) is 4. The topological polar surface area (TPSA) is 65.4 Å². The minimum Gasteiger partial charge on any atom is -0.486 e. The average molecular weight is 358 g/mol. The zero-order valence-electron chi connectivity index (χ0n) is 13.4. The van der Waals surface area contributed by atoms with Crippen molar-refractivity contribution in [1.82, 2.24) is 9.78 Å². The van der Waals surface area contributed by atoms with Gasteiger partial charge in [-0.25, -0.2) is 0 Å². The Labute approximate surface area is 149 Å². The SMILES string of the molecule is O=C(CCn1ncc2c(Cl)cccc21)Nc1ccc2c(c1)OCCO2. The first kappa shape index (κ1) is 15.8. The van der Waals surface area contributed by atoms with Crippen molar-refractivity contribution < 1.29 is 14.3 Å². The molecular weight excluding hydrogens is 342 g/mol. The standard InChI is InChI=1S/C18H16ClN3O3/c19-14-2-1-3-15-13(14)11-20-22(15)7-6-18(23)21-12-4-5-16-17(10-12)25-9-8-24-16/h1-5,10-11H,6-9H2,(H,21,23). The first-order valence-corrected chi connectivity index (χ1v) is 8.38. The van der Waals surface area contributed by atoms with E-state index in [0.29, 0.717) is 48.4 Å². The van der Waals surface area contributed by atoms with Crippen LogP contribution in [0.3, 0.4) is 0 Å². The van der Waals surface area contributed by atoms with Gasteiger partial charge in [-0.15, -0.1) is 0 Å². The quantitative estimate of drug-likeness (QED) is 0.776. The van der Waals surface area contributed by atoms with Gasteiger partial charge >= 0.3 is 0 Å². The second kappa shape index (κ2) is 6.64. The fourth-order valence-corrected chi connectivity index (χ4v) is 3.02. The Kier molecular flexibility index (Phi) is 4.19. The largest absolute Gasteiger partial charge is 0.486 e. The van der Waals surface area contributed by atoms with Gasteiger partial charge in [0.05, 0.1) is 23.3 Å². The Bertz CT molecular complexity index is 938. The number of fused-ring (bicyclic) bond motifs is 2. The Hall–Kier alpha value is -2.73. The van der Waals surface area contributed by atoms with Crippen LogP contribution in [0.25, 0.3) is 10.9 Å². The lowest BCUT2D eigenvalue weighted by molar-refractivity contribution is -0.116. The van der Waals surface area contributed by atoms with E-state index in [4.69, 9.17) is 21.1 Å². The van der Waals surface area contributed by atoms with Gasteiger partial charge in [-0.1, -0.05) is 17.7 Å². The van der Waals surface area contributed by atoms with Crippen molar-refractivity contribution in [2.75, 3.05) is 18.5 Å². The summed E-state index contributed by atoms with van der Waals surface area (Å²) in [5.74, 6) is 1.25. The molecule has 0 bridgehead atoms. The molecule has 25 heavy (non-hydrogen) atoms. The summed E-state index contributed by atoms with van der Waals surface area (Å²) >= 11 is 6.14. The van der Waals surface area contributed by atoms with Crippen molar-refractivity contribution >= 4 is 34.1 Å². The molecule has 4 rings (SSSR count). The number of benzene rings is 2. The molecule has 0 atom stereocenters. The molecular formula is C18H16ClN3O3. The molecule has 0 spiro atoms. The number of carbonyl (C=O) groups is 1. The highest BCUT2D eigenvalue weighted by molar-refractivity contribution is 6.35. The Morgan fingerprint density at radius 1 is 1.20 bits per heavy atom. The lowest BCUT2D eigenvalue weighted by Gasteiger charge is -2.19. The fourth-order valence-electron chi connectivity index (χ4n) is 2.80. The van der Waals surface area contributed by atoms with Gasteiger partial charge in [0.1, 0.15) is 13.2 Å². The number of amides is 1. The predicted molar refractivity (Wildman–Crippen MR) is 95.4 cm³/mol. The van der Waals surface area contributed by atoms with Crippen LogP contribution in [-0.4, -0.2) is 28.9 Å². The molecule has 2 heterocycles. The summed E-state index contributed by atoms with van der Waals surface area (Å²) in [5, 5.41) is 8.72. The maximum Gasteiger partial charge on any atom is 0.226 e. The molecule has 0 aliphatic carbocycles. The van der Waals surface area contributed by atoms with Gasteiger partial charge in [0.25, 0.3) is 0 Å². The maximum absolute atomic E-state index is 12.2. The number of hydrogen-bond donors (Lipinski definition) is 1. The summed E-state index contributed by atoms with van der Waals surface area (Å²) < 4.78 is 12.8. The number of aryl methyl sites for hydroxylation is 1. The summed E-state index contributed by atoms with van der Waals surface area (Å²) in [7, 11) is 0. The third-order valence-corrected chi connectivity index (χ3v) is 4.34. The molecule has 1 aromatic heterocycles. The lowest BCUT2D eigenvalue weighted by Crippen LogP contribution is -2.17. The van der Waals surface area contributed by atoms with E-state index in [1.54, 1.807) is 29.1 Å². The molecule has 0 saturated heterocycles. The highest BCUT2D eigenvalue weighted by atomic mass is 35.5. The van der Waals surface area contributed by atoms with Crippen molar-refractivity contribution in [3.8, 4) is 11.5 Å². The Balaban J connectivity index is 1.41. The molecule has 1 aliphatic heterocycles. The second-order valence-corrected chi connectivity index (χ2v) is 6.10. The van der Waals surface area contributed by atoms with E-state index in [-0.39, 0.29) is 5.91 Å². The molecule has 6 nitrogen and oxygen atoms in total. The lowest BCUT2D eigenvalue weighted by atomic mass is 10.2. The second-order valence-electron chi connectivity index (χ2n) is 5.70. The summed E-state index contributed by atoms with van der Waals surface area (Å²) in [6.07, 6.45) is 2.02. The Morgan fingerprint density at radius 3 is 2.92 bits per heavy atom. The zero-order valence-corrected chi connectivity index (χ0v) is 14.1. The van der Waals surface area contributed by atoms with Crippen LogP contribution in [0.1, 0.15) is 6.42 Å². The van der Waals surface area contributed by atoms with E-state index < -0.39 is 0 Å². The number of rotatable bonds is 4. The average Bonchev–Trinajstić information content (AvgIpc) is 3.04. The molecule has 2 aromatic carbocycles. The smallest absolute Gasteiger partial charge is 0.226 e.